The molecule has 0 spiro atoms. The number of benzene rings is 1. The number of hydrogen-bond donors (Lipinski definition) is 1. The van der Waals surface area contributed by atoms with Gasteiger partial charge in [0.15, 0.2) is 0 Å². The van der Waals surface area contributed by atoms with Gasteiger partial charge in [-0.15, -0.1) is 0 Å². The number of carbonyl (C=O) groups is 1. The Morgan fingerprint density at radius 3 is 2.58 bits per heavy atom. The lowest BCUT2D eigenvalue weighted by atomic mass is 9.68. The Balaban J connectivity index is 1.57. The largest absolute Gasteiger partial charge is 0.381 e. The summed E-state index contributed by atoms with van der Waals surface area (Å²) in [5.74, 6) is 0.233. The molecule has 0 atom stereocenters. The Kier molecular flexibility index (Phi) is 7.50. The third kappa shape index (κ3) is 5.47. The Morgan fingerprint density at radius 2 is 1.88 bits per heavy atom. The minimum absolute atomic E-state index is 0.233. The molecule has 0 unspecified atom stereocenters. The Hall–Kier alpha value is -2.24. The summed E-state index contributed by atoms with van der Waals surface area (Å²) in [4.78, 5) is 20.8. The van der Waals surface area contributed by atoms with Crippen LogP contribution in [0.15, 0.2) is 36.5 Å². The smallest absolute Gasteiger partial charge is 0.226 e. The van der Waals surface area contributed by atoms with Crippen LogP contribution in [0.1, 0.15) is 55.2 Å². The molecule has 2 aromatic rings. The molecule has 1 aliphatic heterocycles. The van der Waals surface area contributed by atoms with Crippen molar-refractivity contribution in [2.24, 2.45) is 5.41 Å². The van der Waals surface area contributed by atoms with Crippen molar-refractivity contribution in [2.75, 3.05) is 27.2 Å². The number of carbonyl (C=O) groups excluding carboxylic acids is 1. The number of methoxy groups -OCH3 is 1. The first-order valence-corrected chi connectivity index (χ1v) is 12.4. The van der Waals surface area contributed by atoms with E-state index in [9.17, 15) is 4.79 Å². The number of amides is 1. The van der Waals surface area contributed by atoms with Gasteiger partial charge in [-0.3, -0.25) is 9.78 Å². The summed E-state index contributed by atoms with van der Waals surface area (Å²) in [6, 6.07) is 10.9. The van der Waals surface area contributed by atoms with Gasteiger partial charge in [-0.1, -0.05) is 18.2 Å². The van der Waals surface area contributed by atoms with Gasteiger partial charge < -0.3 is 15.0 Å². The Labute approximate surface area is 198 Å². The summed E-state index contributed by atoms with van der Waals surface area (Å²) in [6.07, 6.45) is 8.58. The standard InChI is InChI=1S/C28H39N3O2/c1-20-6-5-7-25(21(20)2)26-18-22(10-15-29-26)19-28(13-8-24(33-4)9-14-28)27(32)30-23-11-16-31(3)17-12-23/h5-7,10,15,18,23-24H,8-9,11-14,16-17,19H2,1-4H3,(H,30,32). The molecule has 4 rings (SSSR count). The van der Waals surface area contributed by atoms with Crippen LogP contribution >= 0.6 is 0 Å². The molecule has 0 bridgehead atoms. The zero-order chi connectivity index (χ0) is 23.4. The quantitative estimate of drug-likeness (QED) is 0.695. The van der Waals surface area contributed by atoms with Crippen molar-refractivity contribution < 1.29 is 9.53 Å². The van der Waals surface area contributed by atoms with Gasteiger partial charge >= 0.3 is 0 Å². The van der Waals surface area contributed by atoms with E-state index in [-0.39, 0.29) is 23.5 Å². The summed E-state index contributed by atoms with van der Waals surface area (Å²) in [5, 5.41) is 3.44. The predicted molar refractivity (Wildman–Crippen MR) is 133 cm³/mol. The van der Waals surface area contributed by atoms with Gasteiger partial charge in [-0.25, -0.2) is 0 Å². The summed E-state index contributed by atoms with van der Waals surface area (Å²) < 4.78 is 5.63. The second-order valence-corrected chi connectivity index (χ2v) is 10.2. The predicted octanol–water partition coefficient (Wildman–Crippen LogP) is 4.69. The van der Waals surface area contributed by atoms with Crippen LogP contribution in [-0.4, -0.2) is 55.2 Å². The fourth-order valence-electron chi connectivity index (χ4n) is 5.51. The fourth-order valence-corrected chi connectivity index (χ4v) is 5.51. The highest BCUT2D eigenvalue weighted by atomic mass is 16.5. The van der Waals surface area contributed by atoms with E-state index in [1.807, 2.05) is 6.20 Å². The molecule has 2 heterocycles. The fraction of sp³-hybridized carbons (Fsp3) is 0.571. The molecule has 1 saturated carbocycles. The Morgan fingerprint density at radius 1 is 1.15 bits per heavy atom. The summed E-state index contributed by atoms with van der Waals surface area (Å²) in [7, 11) is 3.94. The van der Waals surface area contributed by atoms with Crippen molar-refractivity contribution in [1.29, 1.82) is 0 Å². The topological polar surface area (TPSA) is 54.5 Å². The number of ether oxygens (including phenoxy) is 1. The minimum Gasteiger partial charge on any atom is -0.381 e. The average Bonchev–Trinajstić information content (AvgIpc) is 2.83. The molecule has 1 aromatic carbocycles. The molecule has 1 saturated heterocycles. The third-order valence-electron chi connectivity index (χ3n) is 8.01. The van der Waals surface area contributed by atoms with Crippen LogP contribution in [0.25, 0.3) is 11.3 Å². The number of nitrogens with zero attached hydrogens (tertiary/aromatic N) is 2. The summed E-state index contributed by atoms with van der Waals surface area (Å²) >= 11 is 0. The van der Waals surface area contributed by atoms with Crippen molar-refractivity contribution in [1.82, 2.24) is 15.2 Å². The van der Waals surface area contributed by atoms with Gasteiger partial charge in [0.1, 0.15) is 0 Å². The van der Waals surface area contributed by atoms with Crippen molar-refractivity contribution >= 4 is 5.91 Å². The molecular formula is C28H39N3O2. The van der Waals surface area contributed by atoms with E-state index in [0.29, 0.717) is 0 Å². The first kappa shape index (κ1) is 23.9. The maximum Gasteiger partial charge on any atom is 0.226 e. The van der Waals surface area contributed by atoms with Crippen molar-refractivity contribution in [3.63, 3.8) is 0 Å². The average molecular weight is 450 g/mol. The first-order valence-electron chi connectivity index (χ1n) is 12.4. The van der Waals surface area contributed by atoms with Crippen LogP contribution in [0.5, 0.6) is 0 Å². The molecule has 2 aliphatic rings. The highest BCUT2D eigenvalue weighted by Crippen LogP contribution is 2.41. The molecule has 1 amide bonds. The van der Waals surface area contributed by atoms with Gasteiger partial charge in [0, 0.05) is 24.9 Å². The van der Waals surface area contributed by atoms with Crippen LogP contribution in [0, 0.1) is 19.3 Å². The number of nitrogens with one attached hydrogen (secondary N) is 1. The van der Waals surface area contributed by atoms with Crippen molar-refractivity contribution in [2.45, 2.75) is 70.9 Å². The van der Waals surface area contributed by atoms with E-state index < -0.39 is 0 Å². The normalized spacial score (nSPS) is 24.5. The molecule has 5 nitrogen and oxygen atoms in total. The summed E-state index contributed by atoms with van der Waals surface area (Å²) in [5.41, 5.74) is 5.51. The number of piperidine rings is 1. The van der Waals surface area contributed by atoms with Gasteiger partial charge in [0.2, 0.25) is 5.91 Å². The molecule has 1 aromatic heterocycles. The summed E-state index contributed by atoms with van der Waals surface area (Å²) in [6.45, 7) is 6.39. The first-order chi connectivity index (χ1) is 15.9. The highest BCUT2D eigenvalue weighted by Gasteiger charge is 2.42. The van der Waals surface area contributed by atoms with E-state index in [2.05, 4.69) is 66.4 Å². The third-order valence-corrected chi connectivity index (χ3v) is 8.01. The maximum absolute atomic E-state index is 13.7. The number of rotatable bonds is 6. The zero-order valence-corrected chi connectivity index (χ0v) is 20.7. The molecule has 5 heteroatoms. The Bertz CT molecular complexity index is 957. The number of likely N-dealkylation sites (tertiary alicyclic amines) is 1. The van der Waals surface area contributed by atoms with E-state index in [1.54, 1.807) is 7.11 Å². The van der Waals surface area contributed by atoms with Gasteiger partial charge in [-0.05, 0) is 108 Å². The van der Waals surface area contributed by atoms with Crippen LogP contribution < -0.4 is 5.32 Å². The SMILES string of the molecule is COC1CCC(Cc2ccnc(-c3cccc(C)c3C)c2)(C(=O)NC2CCN(C)CC2)CC1. The lowest BCUT2D eigenvalue weighted by Gasteiger charge is -2.40. The number of aryl methyl sites for hydroxylation is 1. The van der Waals surface area contributed by atoms with Crippen LogP contribution in [0.4, 0.5) is 0 Å². The maximum atomic E-state index is 13.7. The van der Waals surface area contributed by atoms with E-state index >= 15 is 0 Å². The number of hydrogen-bond acceptors (Lipinski definition) is 4. The number of aromatic nitrogens is 1. The second-order valence-electron chi connectivity index (χ2n) is 10.2. The minimum atomic E-state index is -0.376. The molecular weight excluding hydrogens is 410 g/mol. The molecule has 0 radical (unpaired) electrons. The molecule has 33 heavy (non-hydrogen) atoms. The van der Waals surface area contributed by atoms with Gasteiger partial charge in [0.05, 0.1) is 17.2 Å². The van der Waals surface area contributed by atoms with E-state index in [4.69, 9.17) is 4.74 Å². The van der Waals surface area contributed by atoms with Crippen molar-refractivity contribution in [3.8, 4) is 11.3 Å². The van der Waals surface area contributed by atoms with Crippen molar-refractivity contribution in [3.05, 3.63) is 53.2 Å². The second kappa shape index (κ2) is 10.4. The number of pyridine rings is 1. The lowest BCUT2D eigenvalue weighted by molar-refractivity contribution is -0.135. The van der Waals surface area contributed by atoms with E-state index in [0.717, 1.165) is 63.7 Å². The molecule has 178 valence electrons. The lowest BCUT2D eigenvalue weighted by Crippen LogP contribution is -2.51. The van der Waals surface area contributed by atoms with E-state index in [1.165, 1.54) is 22.3 Å². The highest BCUT2D eigenvalue weighted by molar-refractivity contribution is 5.83. The van der Waals surface area contributed by atoms with Gasteiger partial charge in [0.25, 0.3) is 0 Å². The van der Waals surface area contributed by atoms with Gasteiger partial charge in [-0.2, -0.15) is 0 Å². The zero-order valence-electron chi connectivity index (χ0n) is 20.7. The van der Waals surface area contributed by atoms with Crippen LogP contribution in [0.2, 0.25) is 0 Å². The molecule has 1 aliphatic carbocycles. The monoisotopic (exact) mass is 449 g/mol. The van der Waals surface area contributed by atoms with Crippen LogP contribution in [-0.2, 0) is 16.0 Å². The molecule has 2 fully saturated rings. The van der Waals surface area contributed by atoms with Crippen LogP contribution in [0.3, 0.4) is 0 Å². The molecule has 1 N–H and O–H groups in total.